The number of hydrogen-bond acceptors (Lipinski definition) is 9. The zero-order valence-corrected chi connectivity index (χ0v) is 20.9. The van der Waals surface area contributed by atoms with Crippen molar-refractivity contribution in [3.63, 3.8) is 0 Å². The van der Waals surface area contributed by atoms with Gasteiger partial charge in [-0.05, 0) is 36.6 Å². The molecular formula is C24H28FN7O4S. The van der Waals surface area contributed by atoms with Gasteiger partial charge in [0.15, 0.2) is 0 Å². The molecule has 1 atom stereocenters. The van der Waals surface area contributed by atoms with Gasteiger partial charge in [0, 0.05) is 63.0 Å². The summed E-state index contributed by atoms with van der Waals surface area (Å²) in [6, 6.07) is 6.87. The summed E-state index contributed by atoms with van der Waals surface area (Å²) in [5.74, 6) is 0.385. The van der Waals surface area contributed by atoms with Crippen molar-refractivity contribution in [2.24, 2.45) is 0 Å². The van der Waals surface area contributed by atoms with E-state index >= 15 is 0 Å². The maximum Gasteiger partial charge on any atom is 0.233 e. The minimum atomic E-state index is -3.74. The van der Waals surface area contributed by atoms with Crippen molar-refractivity contribution in [3.8, 4) is 11.1 Å². The van der Waals surface area contributed by atoms with Crippen LogP contribution in [0.1, 0.15) is 18.7 Å². The lowest BCUT2D eigenvalue weighted by Gasteiger charge is -2.35. The van der Waals surface area contributed by atoms with Gasteiger partial charge in [-0.3, -0.25) is 10.0 Å². The number of sulfonamides is 1. The number of aromatic nitrogens is 4. The van der Waals surface area contributed by atoms with Crippen LogP contribution in [0.15, 0.2) is 55.1 Å². The first-order valence-electron chi connectivity index (χ1n) is 11.8. The third-order valence-corrected chi connectivity index (χ3v) is 8.13. The van der Waals surface area contributed by atoms with E-state index in [2.05, 4.69) is 19.9 Å². The zero-order valence-electron chi connectivity index (χ0n) is 20.1. The van der Waals surface area contributed by atoms with Crippen LogP contribution >= 0.6 is 0 Å². The van der Waals surface area contributed by atoms with Crippen molar-refractivity contribution in [2.75, 3.05) is 36.8 Å². The highest BCUT2D eigenvalue weighted by Crippen LogP contribution is 2.21. The van der Waals surface area contributed by atoms with Gasteiger partial charge in [0.25, 0.3) is 0 Å². The molecule has 4 rings (SSSR count). The molecule has 0 spiro atoms. The Kier molecular flexibility index (Phi) is 8.69. The Bertz CT molecular complexity index is 1260. The maximum atomic E-state index is 13.2. The van der Waals surface area contributed by atoms with E-state index in [1.165, 1.54) is 16.4 Å². The lowest BCUT2D eigenvalue weighted by Crippen LogP contribution is -2.51. The lowest BCUT2D eigenvalue weighted by atomic mass is 10.1. The van der Waals surface area contributed by atoms with Crippen LogP contribution in [0.25, 0.3) is 11.1 Å². The highest BCUT2D eigenvalue weighted by atomic mass is 32.2. The number of carbonyl (C=O) groups excluding carboxylic acids is 1. The van der Waals surface area contributed by atoms with Crippen molar-refractivity contribution >= 4 is 22.4 Å². The van der Waals surface area contributed by atoms with Crippen molar-refractivity contribution in [1.29, 1.82) is 0 Å². The van der Waals surface area contributed by atoms with Gasteiger partial charge in [-0.1, -0.05) is 12.1 Å². The molecule has 1 unspecified atom stereocenters. The number of hydrogen-bond donors (Lipinski definition) is 1. The molecule has 1 aliphatic rings. The average Bonchev–Trinajstić information content (AvgIpc) is 2.93. The third-order valence-electron chi connectivity index (χ3n) is 6.17. The summed E-state index contributed by atoms with van der Waals surface area (Å²) in [4.78, 5) is 30.1. The van der Waals surface area contributed by atoms with Crippen LogP contribution in [0.2, 0.25) is 0 Å². The highest BCUT2D eigenvalue weighted by molar-refractivity contribution is 7.89. The van der Waals surface area contributed by atoms with E-state index in [9.17, 15) is 22.8 Å². The van der Waals surface area contributed by atoms with Gasteiger partial charge in [0.05, 0.1) is 11.8 Å². The molecule has 0 radical (unpaired) electrons. The predicted octanol–water partition coefficient (Wildman–Crippen LogP) is 1.76. The van der Waals surface area contributed by atoms with Crippen molar-refractivity contribution in [2.45, 2.75) is 25.3 Å². The summed E-state index contributed by atoms with van der Waals surface area (Å²) in [7, 11) is -3.74. The highest BCUT2D eigenvalue weighted by Gasteiger charge is 2.32. The largest absolute Gasteiger partial charge is 0.338 e. The molecule has 2 aromatic heterocycles. The minimum Gasteiger partial charge on any atom is -0.338 e. The van der Waals surface area contributed by atoms with Crippen LogP contribution in [-0.4, -0.2) is 87.3 Å². The van der Waals surface area contributed by atoms with E-state index < -0.39 is 16.1 Å². The van der Waals surface area contributed by atoms with E-state index in [-0.39, 0.29) is 37.5 Å². The summed E-state index contributed by atoms with van der Waals surface area (Å²) in [5.41, 5.74) is 1.54. The van der Waals surface area contributed by atoms with Gasteiger partial charge < -0.3 is 4.90 Å². The van der Waals surface area contributed by atoms with Crippen LogP contribution in [0.4, 0.5) is 10.3 Å². The van der Waals surface area contributed by atoms with Gasteiger partial charge in [-0.15, -0.1) is 0 Å². The average molecular weight is 530 g/mol. The molecule has 0 aliphatic carbocycles. The van der Waals surface area contributed by atoms with E-state index in [4.69, 9.17) is 0 Å². The molecule has 1 aliphatic heterocycles. The Morgan fingerprint density at radius 3 is 2.27 bits per heavy atom. The number of anilines is 1. The smallest absolute Gasteiger partial charge is 0.233 e. The predicted molar refractivity (Wildman–Crippen MR) is 133 cm³/mol. The Hall–Kier alpha value is -3.55. The van der Waals surface area contributed by atoms with E-state index in [1.807, 2.05) is 4.90 Å². The fraction of sp³-hybridized carbons (Fsp3) is 0.375. The van der Waals surface area contributed by atoms with Crippen LogP contribution in [0.5, 0.6) is 0 Å². The first-order valence-corrected chi connectivity index (χ1v) is 13.5. The number of amides is 1. The number of carbonyl (C=O) groups is 1. The molecule has 13 heteroatoms. The Morgan fingerprint density at radius 2 is 1.65 bits per heavy atom. The van der Waals surface area contributed by atoms with Crippen LogP contribution < -0.4 is 4.90 Å². The summed E-state index contributed by atoms with van der Waals surface area (Å²) < 4.78 is 40.7. The van der Waals surface area contributed by atoms with E-state index in [1.54, 1.807) is 43.0 Å². The number of benzene rings is 1. The minimum absolute atomic E-state index is 0.225. The summed E-state index contributed by atoms with van der Waals surface area (Å²) in [5, 5.41) is 10.4. The maximum absolute atomic E-state index is 13.2. The first-order chi connectivity index (χ1) is 17.9. The van der Waals surface area contributed by atoms with E-state index in [0.717, 1.165) is 11.1 Å². The Balaban J connectivity index is 1.32. The second-order valence-electron chi connectivity index (χ2n) is 8.64. The molecule has 37 heavy (non-hydrogen) atoms. The molecule has 0 saturated carbocycles. The van der Waals surface area contributed by atoms with Crippen LogP contribution in [0.3, 0.4) is 0 Å². The van der Waals surface area contributed by atoms with Gasteiger partial charge >= 0.3 is 0 Å². The molecule has 196 valence electrons. The molecule has 3 heterocycles. The number of hydroxylamine groups is 2. The van der Waals surface area contributed by atoms with Crippen molar-refractivity contribution < 1.29 is 22.8 Å². The number of halogens is 1. The normalized spacial score (nSPS) is 15.4. The van der Waals surface area contributed by atoms with Crippen LogP contribution in [0, 0.1) is 5.82 Å². The number of piperazine rings is 1. The van der Waals surface area contributed by atoms with Gasteiger partial charge in [-0.25, -0.2) is 37.8 Å². The van der Waals surface area contributed by atoms with Crippen molar-refractivity contribution in [3.05, 3.63) is 66.8 Å². The standard InChI is InChI=1S/C24H28FN7O4S/c25-21-7-5-19(6-8-21)20-15-28-24(29-16-20)30-11-13-31(14-12-30)37(35,36)17-22(32(34)18-33)3-1-4-23-26-9-2-10-27-23/h2,5-10,15-16,18,22,34H,1,3-4,11-14,17H2. The lowest BCUT2D eigenvalue weighted by molar-refractivity contribution is -0.158. The quantitative estimate of drug-likeness (QED) is 0.224. The molecule has 1 N–H and O–H groups in total. The SMILES string of the molecule is O=CN(O)C(CCCc1ncccn1)CS(=O)(=O)N1CCN(c2ncc(-c3ccc(F)cc3)cn2)CC1. The second kappa shape index (κ2) is 12.1. The summed E-state index contributed by atoms with van der Waals surface area (Å²) in [6.45, 7) is 1.23. The number of rotatable bonds is 11. The number of nitrogens with zero attached hydrogens (tertiary/aromatic N) is 7. The Labute approximate surface area is 214 Å². The molecule has 1 amide bonds. The van der Waals surface area contributed by atoms with Gasteiger partial charge in [0.1, 0.15) is 11.6 Å². The number of aryl methyl sites for hydroxylation is 1. The topological polar surface area (TPSA) is 133 Å². The second-order valence-corrected chi connectivity index (χ2v) is 10.7. The first kappa shape index (κ1) is 26.5. The molecule has 11 nitrogen and oxygen atoms in total. The fourth-order valence-corrected chi connectivity index (χ4v) is 5.86. The fourth-order valence-electron chi connectivity index (χ4n) is 4.12. The molecular weight excluding hydrogens is 501 g/mol. The third kappa shape index (κ3) is 7.02. The Morgan fingerprint density at radius 1 is 1.00 bits per heavy atom. The monoisotopic (exact) mass is 529 g/mol. The van der Waals surface area contributed by atoms with Gasteiger partial charge in [-0.2, -0.15) is 4.31 Å². The molecule has 1 fully saturated rings. The van der Waals surface area contributed by atoms with Gasteiger partial charge in [0.2, 0.25) is 22.4 Å². The molecule has 1 saturated heterocycles. The van der Waals surface area contributed by atoms with Crippen LogP contribution in [-0.2, 0) is 21.2 Å². The zero-order chi connectivity index (χ0) is 26.3. The van der Waals surface area contributed by atoms with Crippen molar-refractivity contribution in [1.82, 2.24) is 29.3 Å². The van der Waals surface area contributed by atoms with E-state index in [0.29, 0.717) is 42.8 Å². The molecule has 1 aromatic carbocycles. The summed E-state index contributed by atoms with van der Waals surface area (Å²) >= 11 is 0. The molecule has 0 bridgehead atoms. The summed E-state index contributed by atoms with van der Waals surface area (Å²) in [6.07, 6.45) is 8.07. The molecule has 3 aromatic rings.